The third kappa shape index (κ3) is 2.70. The number of aromatic amines is 1. The van der Waals surface area contributed by atoms with Gasteiger partial charge in [-0.2, -0.15) is 0 Å². The van der Waals surface area contributed by atoms with E-state index in [1.165, 1.54) is 6.20 Å². The summed E-state index contributed by atoms with van der Waals surface area (Å²) in [5.74, 6) is 1.25. The number of H-pyrrole nitrogens is 1. The Labute approximate surface area is 132 Å². The number of aromatic nitrogens is 4. The van der Waals surface area contributed by atoms with Gasteiger partial charge in [-0.05, 0) is 25.0 Å². The van der Waals surface area contributed by atoms with Gasteiger partial charge in [0.05, 0.1) is 23.3 Å². The van der Waals surface area contributed by atoms with Gasteiger partial charge in [-0.1, -0.05) is 12.1 Å². The van der Waals surface area contributed by atoms with Crippen LogP contribution in [-0.2, 0) is 0 Å². The number of nitrogens with one attached hydrogen (secondary N) is 1. The van der Waals surface area contributed by atoms with Crippen LogP contribution in [0.2, 0.25) is 0 Å². The molecule has 0 bridgehead atoms. The standard InChI is InChI=1S/C16H17N5O2/c17-15-14(16-19-11-3-1-2-4-12(11)20-16)21-13(8-18-15)23-10-6-5-9(22)7-10/h1-4,8-10,22H,5-7H2,(H2,17,18)(H,19,20). The van der Waals surface area contributed by atoms with Gasteiger partial charge in [-0.25, -0.2) is 15.0 Å². The highest BCUT2D eigenvalue weighted by Gasteiger charge is 2.25. The average Bonchev–Trinajstić information content (AvgIpc) is 3.15. The molecule has 0 aliphatic heterocycles. The Hall–Kier alpha value is -2.67. The molecule has 118 valence electrons. The van der Waals surface area contributed by atoms with Crippen LogP contribution in [0.15, 0.2) is 30.5 Å². The molecule has 4 N–H and O–H groups in total. The van der Waals surface area contributed by atoms with E-state index in [9.17, 15) is 5.11 Å². The van der Waals surface area contributed by atoms with Crippen molar-refractivity contribution in [3.8, 4) is 17.4 Å². The quantitative estimate of drug-likeness (QED) is 0.681. The smallest absolute Gasteiger partial charge is 0.233 e. The van der Waals surface area contributed by atoms with E-state index in [-0.39, 0.29) is 12.2 Å². The summed E-state index contributed by atoms with van der Waals surface area (Å²) in [7, 11) is 0. The third-order valence-electron chi connectivity index (χ3n) is 4.04. The lowest BCUT2D eigenvalue weighted by Crippen LogP contribution is -2.15. The van der Waals surface area contributed by atoms with Gasteiger partial charge in [-0.15, -0.1) is 0 Å². The number of rotatable bonds is 3. The predicted molar refractivity (Wildman–Crippen MR) is 85.8 cm³/mol. The lowest BCUT2D eigenvalue weighted by atomic mass is 10.3. The van der Waals surface area contributed by atoms with Crippen LogP contribution in [0.3, 0.4) is 0 Å². The van der Waals surface area contributed by atoms with Crippen LogP contribution in [0.4, 0.5) is 5.82 Å². The maximum Gasteiger partial charge on any atom is 0.233 e. The molecule has 0 amide bonds. The zero-order chi connectivity index (χ0) is 15.8. The van der Waals surface area contributed by atoms with E-state index >= 15 is 0 Å². The van der Waals surface area contributed by atoms with Crippen LogP contribution < -0.4 is 10.5 Å². The zero-order valence-corrected chi connectivity index (χ0v) is 12.4. The van der Waals surface area contributed by atoms with Gasteiger partial charge in [0.2, 0.25) is 5.88 Å². The van der Waals surface area contributed by atoms with Crippen molar-refractivity contribution < 1.29 is 9.84 Å². The molecule has 7 heteroatoms. The Morgan fingerprint density at radius 2 is 2.09 bits per heavy atom. The molecule has 0 radical (unpaired) electrons. The third-order valence-corrected chi connectivity index (χ3v) is 4.04. The molecule has 2 atom stereocenters. The van der Waals surface area contributed by atoms with E-state index in [2.05, 4.69) is 19.9 Å². The van der Waals surface area contributed by atoms with Gasteiger partial charge in [0, 0.05) is 6.42 Å². The zero-order valence-electron chi connectivity index (χ0n) is 12.4. The minimum Gasteiger partial charge on any atom is -0.473 e. The van der Waals surface area contributed by atoms with Crippen molar-refractivity contribution in [3.63, 3.8) is 0 Å². The monoisotopic (exact) mass is 311 g/mol. The lowest BCUT2D eigenvalue weighted by Gasteiger charge is -2.12. The number of aliphatic hydroxyl groups is 1. The first-order chi connectivity index (χ1) is 11.2. The van der Waals surface area contributed by atoms with Crippen LogP contribution in [0.25, 0.3) is 22.6 Å². The normalized spacial score (nSPS) is 20.9. The van der Waals surface area contributed by atoms with Crippen molar-refractivity contribution in [3.05, 3.63) is 30.5 Å². The number of para-hydroxylation sites is 2. The van der Waals surface area contributed by atoms with Crippen LogP contribution in [0.1, 0.15) is 19.3 Å². The molecule has 1 saturated carbocycles. The Morgan fingerprint density at radius 1 is 1.22 bits per heavy atom. The maximum atomic E-state index is 9.58. The van der Waals surface area contributed by atoms with Gasteiger partial charge in [-0.3, -0.25) is 0 Å². The van der Waals surface area contributed by atoms with Gasteiger partial charge >= 0.3 is 0 Å². The minimum atomic E-state index is -0.295. The fourth-order valence-electron chi connectivity index (χ4n) is 2.87. The Bertz CT molecular complexity index is 814. The van der Waals surface area contributed by atoms with Crippen molar-refractivity contribution >= 4 is 16.9 Å². The molecule has 7 nitrogen and oxygen atoms in total. The highest BCUT2D eigenvalue weighted by atomic mass is 16.5. The van der Waals surface area contributed by atoms with Gasteiger partial charge in [0.1, 0.15) is 6.10 Å². The molecule has 1 aromatic carbocycles. The molecular weight excluding hydrogens is 294 g/mol. The first-order valence-electron chi connectivity index (χ1n) is 7.61. The molecule has 3 aromatic rings. The summed E-state index contributed by atoms with van der Waals surface area (Å²) in [6.45, 7) is 0. The van der Waals surface area contributed by atoms with E-state index < -0.39 is 0 Å². The summed E-state index contributed by atoms with van der Waals surface area (Å²) >= 11 is 0. The van der Waals surface area contributed by atoms with E-state index in [0.717, 1.165) is 23.9 Å². The SMILES string of the molecule is Nc1ncc(OC2CCC(O)C2)nc1-c1nc2ccccc2[nH]1. The topological polar surface area (TPSA) is 110 Å². The highest BCUT2D eigenvalue weighted by molar-refractivity contribution is 5.80. The van der Waals surface area contributed by atoms with E-state index in [0.29, 0.717) is 29.6 Å². The Balaban J connectivity index is 1.66. The van der Waals surface area contributed by atoms with E-state index in [4.69, 9.17) is 10.5 Å². The van der Waals surface area contributed by atoms with Crippen LogP contribution in [-0.4, -0.2) is 37.3 Å². The van der Waals surface area contributed by atoms with E-state index in [1.54, 1.807) is 0 Å². The number of hydrogen-bond donors (Lipinski definition) is 3. The Kier molecular flexibility index (Phi) is 3.34. The minimum absolute atomic E-state index is 0.0357. The average molecular weight is 311 g/mol. The number of benzene rings is 1. The summed E-state index contributed by atoms with van der Waals surface area (Å²) in [5, 5.41) is 9.58. The number of anilines is 1. The number of hydrogen-bond acceptors (Lipinski definition) is 6. The van der Waals surface area contributed by atoms with Crippen molar-refractivity contribution in [1.82, 2.24) is 19.9 Å². The van der Waals surface area contributed by atoms with Crippen LogP contribution in [0, 0.1) is 0 Å². The summed E-state index contributed by atoms with van der Waals surface area (Å²) in [6.07, 6.45) is 3.36. The molecule has 1 aliphatic rings. The van der Waals surface area contributed by atoms with Gasteiger partial charge < -0.3 is 20.6 Å². The number of nitrogens with zero attached hydrogens (tertiary/aromatic N) is 3. The fourth-order valence-corrected chi connectivity index (χ4v) is 2.87. The number of nitrogens with two attached hydrogens (primary N) is 1. The first-order valence-corrected chi connectivity index (χ1v) is 7.61. The summed E-state index contributed by atoms with van der Waals surface area (Å²) in [5.41, 5.74) is 8.17. The number of fused-ring (bicyclic) bond motifs is 1. The number of nitrogen functional groups attached to an aromatic ring is 1. The Morgan fingerprint density at radius 3 is 2.87 bits per heavy atom. The first kappa shape index (κ1) is 14.0. The summed E-state index contributed by atoms with van der Waals surface area (Å²) in [4.78, 5) is 16.3. The van der Waals surface area contributed by atoms with Crippen molar-refractivity contribution in [2.45, 2.75) is 31.5 Å². The number of ether oxygens (including phenoxy) is 1. The molecule has 0 spiro atoms. The molecule has 23 heavy (non-hydrogen) atoms. The van der Waals surface area contributed by atoms with Crippen molar-refractivity contribution in [2.24, 2.45) is 0 Å². The maximum absolute atomic E-state index is 9.58. The highest BCUT2D eigenvalue weighted by Crippen LogP contribution is 2.27. The second-order valence-corrected chi connectivity index (χ2v) is 5.75. The second-order valence-electron chi connectivity index (χ2n) is 5.75. The molecule has 2 heterocycles. The molecule has 2 unspecified atom stereocenters. The van der Waals surface area contributed by atoms with Crippen LogP contribution in [0.5, 0.6) is 5.88 Å². The van der Waals surface area contributed by atoms with Crippen LogP contribution >= 0.6 is 0 Å². The summed E-state index contributed by atoms with van der Waals surface area (Å²) < 4.78 is 5.81. The van der Waals surface area contributed by atoms with Crippen molar-refractivity contribution in [2.75, 3.05) is 5.73 Å². The summed E-state index contributed by atoms with van der Waals surface area (Å²) in [6, 6.07) is 7.71. The number of imidazole rings is 1. The predicted octanol–water partition coefficient (Wildman–Crippen LogP) is 1.89. The fraction of sp³-hybridized carbons (Fsp3) is 0.312. The second kappa shape index (κ2) is 5.51. The molecule has 1 aliphatic carbocycles. The van der Waals surface area contributed by atoms with Gasteiger partial charge in [0.15, 0.2) is 17.3 Å². The van der Waals surface area contributed by atoms with Crippen molar-refractivity contribution in [1.29, 1.82) is 0 Å². The molecule has 4 rings (SSSR count). The van der Waals surface area contributed by atoms with Gasteiger partial charge in [0.25, 0.3) is 0 Å². The molecule has 0 saturated heterocycles. The van der Waals surface area contributed by atoms with E-state index in [1.807, 2.05) is 24.3 Å². The largest absolute Gasteiger partial charge is 0.473 e. The molecular formula is C16H17N5O2. The molecule has 2 aromatic heterocycles. The lowest BCUT2D eigenvalue weighted by molar-refractivity contribution is 0.146. The number of aliphatic hydroxyl groups excluding tert-OH is 1. The molecule has 1 fully saturated rings.